The van der Waals surface area contributed by atoms with Crippen LogP contribution in [0.25, 0.3) is 0 Å². The molecule has 0 aliphatic heterocycles. The molecule has 3 nitrogen and oxygen atoms in total. The highest BCUT2D eigenvalue weighted by atomic mass is 32.2. The lowest BCUT2D eigenvalue weighted by molar-refractivity contribution is -0.0436. The number of halogens is 3. The molecule has 0 aromatic heterocycles. The first-order chi connectivity index (χ1) is 7.64. The molecule has 8 heteroatoms. The second kappa shape index (κ2) is 4.61. The number of nitrogens with two attached hydrogens (primary N) is 1. The van der Waals surface area contributed by atoms with Gasteiger partial charge in [-0.25, -0.2) is 8.42 Å². The topological polar surface area (TPSA) is 60.2 Å². The zero-order chi connectivity index (χ0) is 13.3. The van der Waals surface area contributed by atoms with Crippen molar-refractivity contribution in [3.63, 3.8) is 0 Å². The predicted octanol–water partition coefficient (Wildman–Crippen LogP) is 1.81. The summed E-state index contributed by atoms with van der Waals surface area (Å²) >= 11 is 4.59. The molecule has 17 heavy (non-hydrogen) atoms. The van der Waals surface area contributed by atoms with E-state index in [0.717, 1.165) is 12.1 Å². The maximum Gasteiger partial charge on any atom is 0.501 e. The van der Waals surface area contributed by atoms with E-state index in [1.54, 1.807) is 0 Å². The molecule has 1 aromatic carbocycles. The van der Waals surface area contributed by atoms with E-state index in [4.69, 9.17) is 5.73 Å². The van der Waals surface area contributed by atoms with Gasteiger partial charge in [-0.05, 0) is 17.7 Å². The van der Waals surface area contributed by atoms with Gasteiger partial charge in [0.05, 0.1) is 9.88 Å². The Kier molecular flexibility index (Phi) is 3.78. The largest absolute Gasteiger partial charge is 0.501 e. The second-order valence-electron chi connectivity index (χ2n) is 3.24. The normalized spacial score (nSPS) is 12.4. The van der Waals surface area contributed by atoms with E-state index in [1.165, 1.54) is 12.1 Å². The van der Waals surface area contributed by atoms with Gasteiger partial charge in [-0.2, -0.15) is 13.2 Å². The van der Waals surface area contributed by atoms with Gasteiger partial charge >= 0.3 is 5.51 Å². The van der Waals surface area contributed by atoms with Crippen LogP contribution in [0.3, 0.4) is 0 Å². The van der Waals surface area contributed by atoms with Crippen LogP contribution in [0.2, 0.25) is 0 Å². The fraction of sp³-hybridized carbons (Fsp3) is 0.222. The summed E-state index contributed by atoms with van der Waals surface area (Å²) < 4.78 is 59.0. The van der Waals surface area contributed by atoms with Crippen LogP contribution in [0.5, 0.6) is 0 Å². The zero-order valence-electron chi connectivity index (χ0n) is 8.36. The number of sulfone groups is 1. The minimum absolute atomic E-state index is 0.0521. The summed E-state index contributed by atoms with van der Waals surface area (Å²) in [6.45, 7) is 0. The summed E-state index contributed by atoms with van der Waals surface area (Å²) in [5, 5.41) is 0. The molecule has 0 saturated heterocycles. The fourth-order valence-electron chi connectivity index (χ4n) is 1.16. The zero-order valence-corrected chi connectivity index (χ0v) is 9.99. The third-order valence-corrected chi connectivity index (χ3v) is 3.52. The van der Waals surface area contributed by atoms with Crippen molar-refractivity contribution in [1.29, 1.82) is 0 Å². The summed E-state index contributed by atoms with van der Waals surface area (Å²) in [7, 11) is -5.32. The van der Waals surface area contributed by atoms with E-state index in [9.17, 15) is 21.6 Å². The van der Waals surface area contributed by atoms with Crippen molar-refractivity contribution < 1.29 is 21.6 Å². The van der Waals surface area contributed by atoms with E-state index in [0.29, 0.717) is 5.56 Å². The molecule has 0 spiro atoms. The van der Waals surface area contributed by atoms with E-state index in [1.807, 2.05) is 0 Å². The van der Waals surface area contributed by atoms with Gasteiger partial charge < -0.3 is 5.73 Å². The number of alkyl halides is 3. The fourth-order valence-corrected chi connectivity index (χ4v) is 2.16. The van der Waals surface area contributed by atoms with Gasteiger partial charge in [0.2, 0.25) is 0 Å². The Morgan fingerprint density at radius 2 is 1.94 bits per heavy atom. The van der Waals surface area contributed by atoms with Crippen molar-refractivity contribution in [3.05, 3.63) is 29.8 Å². The Morgan fingerprint density at radius 3 is 2.41 bits per heavy atom. The number of rotatable bonds is 3. The predicted molar refractivity (Wildman–Crippen MR) is 60.2 cm³/mol. The summed E-state index contributed by atoms with van der Waals surface area (Å²) in [6, 6.07) is 4.47. The van der Waals surface area contributed by atoms with Gasteiger partial charge in [-0.1, -0.05) is 24.4 Å². The molecule has 0 heterocycles. The number of thiocarbonyl (C=S) groups is 1. The molecule has 0 radical (unpaired) electrons. The molecule has 94 valence electrons. The molecular formula is C9H8F3NO2S2. The SMILES string of the molecule is NC(=S)Cc1cccc(S(=O)(=O)C(F)(F)F)c1. The highest BCUT2D eigenvalue weighted by Crippen LogP contribution is 2.30. The average Bonchev–Trinajstić information content (AvgIpc) is 2.15. The first-order valence-electron chi connectivity index (χ1n) is 4.33. The summed E-state index contributed by atoms with van der Waals surface area (Å²) in [6.07, 6.45) is 0.0521. The number of hydrogen-bond donors (Lipinski definition) is 1. The van der Waals surface area contributed by atoms with E-state index >= 15 is 0 Å². The highest BCUT2D eigenvalue weighted by molar-refractivity contribution is 7.92. The molecule has 0 aliphatic carbocycles. The maximum atomic E-state index is 12.3. The molecular weight excluding hydrogens is 275 g/mol. The van der Waals surface area contributed by atoms with Crippen LogP contribution in [-0.2, 0) is 16.3 Å². The van der Waals surface area contributed by atoms with Gasteiger partial charge in [0, 0.05) is 6.42 Å². The Labute approximate surface area is 101 Å². The van der Waals surface area contributed by atoms with E-state index in [2.05, 4.69) is 12.2 Å². The summed E-state index contributed by atoms with van der Waals surface area (Å²) in [5.41, 5.74) is 0.241. The van der Waals surface area contributed by atoms with Crippen molar-refractivity contribution >= 4 is 27.0 Å². The minimum Gasteiger partial charge on any atom is -0.393 e. The van der Waals surface area contributed by atoms with Crippen LogP contribution in [-0.4, -0.2) is 18.9 Å². The monoisotopic (exact) mass is 283 g/mol. The molecule has 0 unspecified atom stereocenters. The number of benzene rings is 1. The first-order valence-corrected chi connectivity index (χ1v) is 6.22. The standard InChI is InChI=1S/C9H8F3NO2S2/c10-9(11,12)17(14,15)7-3-1-2-6(4-7)5-8(13)16/h1-4H,5H2,(H2,13,16). The minimum atomic E-state index is -5.32. The van der Waals surface area contributed by atoms with Crippen molar-refractivity contribution in [2.24, 2.45) is 5.73 Å². The third kappa shape index (κ3) is 3.16. The van der Waals surface area contributed by atoms with Gasteiger partial charge in [0.25, 0.3) is 9.84 Å². The Hall–Kier alpha value is -1.15. The Morgan fingerprint density at radius 1 is 1.35 bits per heavy atom. The molecule has 0 aliphatic rings. The van der Waals surface area contributed by atoms with Gasteiger partial charge in [0.1, 0.15) is 0 Å². The first kappa shape index (κ1) is 13.9. The van der Waals surface area contributed by atoms with Crippen LogP contribution in [0.4, 0.5) is 13.2 Å². The molecule has 0 fully saturated rings. The quantitative estimate of drug-likeness (QED) is 0.859. The molecule has 0 atom stereocenters. The van der Waals surface area contributed by atoms with E-state index in [-0.39, 0.29) is 11.4 Å². The van der Waals surface area contributed by atoms with Crippen molar-refractivity contribution in [3.8, 4) is 0 Å². The maximum absolute atomic E-state index is 12.3. The molecule has 0 amide bonds. The van der Waals surface area contributed by atoms with Crippen LogP contribution in [0.15, 0.2) is 29.2 Å². The lowest BCUT2D eigenvalue weighted by Gasteiger charge is -2.09. The number of hydrogen-bond acceptors (Lipinski definition) is 3. The highest BCUT2D eigenvalue weighted by Gasteiger charge is 2.46. The Balaban J connectivity index is 3.21. The molecule has 0 saturated carbocycles. The van der Waals surface area contributed by atoms with Crippen molar-refractivity contribution in [1.82, 2.24) is 0 Å². The lowest BCUT2D eigenvalue weighted by atomic mass is 10.1. The molecule has 2 N–H and O–H groups in total. The Bertz CT molecular complexity index is 537. The van der Waals surface area contributed by atoms with Gasteiger partial charge in [-0.15, -0.1) is 0 Å². The van der Waals surface area contributed by atoms with Gasteiger partial charge in [0.15, 0.2) is 0 Å². The summed E-state index contributed by atoms with van der Waals surface area (Å²) in [4.78, 5) is -0.731. The molecule has 1 aromatic rings. The van der Waals surface area contributed by atoms with Crippen LogP contribution in [0, 0.1) is 0 Å². The van der Waals surface area contributed by atoms with Crippen molar-refractivity contribution in [2.75, 3.05) is 0 Å². The van der Waals surface area contributed by atoms with Crippen LogP contribution in [0.1, 0.15) is 5.56 Å². The second-order valence-corrected chi connectivity index (χ2v) is 5.71. The van der Waals surface area contributed by atoms with Crippen LogP contribution < -0.4 is 5.73 Å². The lowest BCUT2D eigenvalue weighted by Crippen LogP contribution is -2.23. The smallest absolute Gasteiger partial charge is 0.393 e. The van der Waals surface area contributed by atoms with Crippen LogP contribution >= 0.6 is 12.2 Å². The van der Waals surface area contributed by atoms with Gasteiger partial charge in [-0.3, -0.25) is 0 Å². The van der Waals surface area contributed by atoms with E-state index < -0.39 is 20.2 Å². The van der Waals surface area contributed by atoms with Crippen molar-refractivity contribution in [2.45, 2.75) is 16.8 Å². The third-order valence-electron chi connectivity index (χ3n) is 1.89. The average molecular weight is 283 g/mol. The molecule has 0 bridgehead atoms. The molecule has 1 rings (SSSR count). The summed E-state index contributed by atoms with van der Waals surface area (Å²) in [5.74, 6) is 0.